The normalized spacial score (nSPS) is 15.9. The van der Waals surface area contributed by atoms with Crippen LogP contribution in [0.25, 0.3) is 0 Å². The van der Waals surface area contributed by atoms with Gasteiger partial charge in [0.25, 0.3) is 5.91 Å². The molecule has 0 saturated heterocycles. The molecule has 0 fully saturated rings. The van der Waals surface area contributed by atoms with Gasteiger partial charge in [-0.05, 0) is 17.7 Å². The number of ether oxygens (including phenoxy) is 1. The van der Waals surface area contributed by atoms with Gasteiger partial charge in [0.1, 0.15) is 11.6 Å². The van der Waals surface area contributed by atoms with Gasteiger partial charge < -0.3 is 20.4 Å². The first-order valence-corrected chi connectivity index (χ1v) is 5.95. The molecule has 0 spiro atoms. The minimum atomic E-state index is -0.356. The Morgan fingerprint density at radius 3 is 3.11 bits per heavy atom. The number of hydrogen-bond acceptors (Lipinski definition) is 4. The fourth-order valence-corrected chi connectivity index (χ4v) is 2.09. The van der Waals surface area contributed by atoms with Gasteiger partial charge in [-0.3, -0.25) is 4.79 Å². The zero-order valence-corrected chi connectivity index (χ0v) is 10.5. The molecule has 2 aromatic rings. The number of rotatable bonds is 2. The highest BCUT2D eigenvalue weighted by Crippen LogP contribution is 2.33. The van der Waals surface area contributed by atoms with Gasteiger partial charge in [-0.1, -0.05) is 6.07 Å². The number of anilines is 1. The summed E-state index contributed by atoms with van der Waals surface area (Å²) in [5.41, 5.74) is 7.74. The van der Waals surface area contributed by atoms with E-state index in [-0.39, 0.29) is 18.6 Å². The number of hydrogen-bond donors (Lipinski definition) is 2. The molecule has 1 aromatic heterocycles. The second-order valence-electron chi connectivity index (χ2n) is 4.42. The predicted molar refractivity (Wildman–Crippen MR) is 70.0 cm³/mol. The first-order valence-electron chi connectivity index (χ1n) is 5.95. The van der Waals surface area contributed by atoms with Gasteiger partial charge in [0, 0.05) is 19.4 Å². The molecule has 1 aliphatic heterocycles. The Morgan fingerprint density at radius 1 is 1.53 bits per heavy atom. The Morgan fingerprint density at radius 2 is 2.37 bits per heavy atom. The summed E-state index contributed by atoms with van der Waals surface area (Å²) in [5, 5.41) is 0. The standard InChI is InChI=1S/C13H14N4O2/c1-17-9-6-8(12(14)13-15-4-5-16-13)2-3-10(9)19-7-11(17)18/h2-6,12H,7,14H2,1H3,(H,15,16). The summed E-state index contributed by atoms with van der Waals surface area (Å²) in [7, 11) is 1.73. The highest BCUT2D eigenvalue weighted by atomic mass is 16.5. The molecule has 1 atom stereocenters. The molecular weight excluding hydrogens is 244 g/mol. The second kappa shape index (κ2) is 4.40. The van der Waals surface area contributed by atoms with Crippen molar-refractivity contribution in [2.24, 2.45) is 5.73 Å². The van der Waals surface area contributed by atoms with Crippen molar-refractivity contribution in [3.05, 3.63) is 42.0 Å². The third kappa shape index (κ3) is 1.96. The largest absolute Gasteiger partial charge is 0.482 e. The number of nitrogens with two attached hydrogens (primary N) is 1. The Hall–Kier alpha value is -2.34. The molecule has 2 heterocycles. The molecule has 98 valence electrons. The highest BCUT2D eigenvalue weighted by Gasteiger charge is 2.23. The average Bonchev–Trinajstić information content (AvgIpc) is 2.96. The van der Waals surface area contributed by atoms with Crippen LogP contribution in [0.2, 0.25) is 0 Å². The van der Waals surface area contributed by atoms with Crippen molar-refractivity contribution >= 4 is 11.6 Å². The van der Waals surface area contributed by atoms with Crippen LogP contribution < -0.4 is 15.4 Å². The maximum atomic E-state index is 11.6. The molecule has 6 heteroatoms. The van der Waals surface area contributed by atoms with Crippen molar-refractivity contribution in [3.63, 3.8) is 0 Å². The first kappa shape index (κ1) is 11.7. The number of carbonyl (C=O) groups excluding carboxylic acids is 1. The quantitative estimate of drug-likeness (QED) is 0.835. The van der Waals surface area contributed by atoms with Crippen LogP contribution in [-0.4, -0.2) is 29.5 Å². The Labute approximate surface area is 110 Å². The zero-order valence-electron chi connectivity index (χ0n) is 10.5. The van der Waals surface area contributed by atoms with Crippen molar-refractivity contribution in [2.75, 3.05) is 18.6 Å². The average molecular weight is 258 g/mol. The highest BCUT2D eigenvalue weighted by molar-refractivity contribution is 5.97. The number of nitrogens with one attached hydrogen (secondary N) is 1. The molecule has 3 rings (SSSR count). The number of benzene rings is 1. The first-order chi connectivity index (χ1) is 9.16. The third-order valence-corrected chi connectivity index (χ3v) is 3.24. The van der Waals surface area contributed by atoms with Gasteiger partial charge in [0.2, 0.25) is 0 Å². The van der Waals surface area contributed by atoms with E-state index in [2.05, 4.69) is 9.97 Å². The van der Waals surface area contributed by atoms with Crippen LogP contribution in [0.5, 0.6) is 5.75 Å². The Balaban J connectivity index is 1.99. The number of imidazole rings is 1. The Kier molecular flexibility index (Phi) is 2.72. The fraction of sp³-hybridized carbons (Fsp3) is 0.231. The van der Waals surface area contributed by atoms with Crippen LogP contribution in [0.1, 0.15) is 17.4 Å². The molecule has 3 N–H and O–H groups in total. The molecule has 0 radical (unpaired) electrons. The van der Waals surface area contributed by atoms with E-state index in [0.717, 1.165) is 11.3 Å². The molecule has 0 bridgehead atoms. The summed E-state index contributed by atoms with van der Waals surface area (Å²) < 4.78 is 5.38. The molecule has 0 aliphatic carbocycles. The van der Waals surface area contributed by atoms with Gasteiger partial charge in [0.15, 0.2) is 6.61 Å². The van der Waals surface area contributed by atoms with E-state index in [1.807, 2.05) is 18.2 Å². The minimum absolute atomic E-state index is 0.0729. The van der Waals surface area contributed by atoms with E-state index in [4.69, 9.17) is 10.5 Å². The summed E-state index contributed by atoms with van der Waals surface area (Å²) in [4.78, 5) is 20.3. The van der Waals surface area contributed by atoms with Crippen molar-refractivity contribution in [1.29, 1.82) is 0 Å². The van der Waals surface area contributed by atoms with E-state index in [9.17, 15) is 4.79 Å². The predicted octanol–water partition coefficient (Wildman–Crippen LogP) is 0.813. The van der Waals surface area contributed by atoms with Gasteiger partial charge in [0.05, 0.1) is 11.7 Å². The van der Waals surface area contributed by atoms with Gasteiger partial charge in [-0.25, -0.2) is 4.98 Å². The fourth-order valence-electron chi connectivity index (χ4n) is 2.09. The summed E-state index contributed by atoms with van der Waals surface area (Å²) in [6, 6.07) is 5.22. The maximum absolute atomic E-state index is 11.6. The molecule has 0 saturated carbocycles. The summed E-state index contributed by atoms with van der Waals surface area (Å²) in [6.45, 7) is 0.0765. The number of amides is 1. The summed E-state index contributed by atoms with van der Waals surface area (Å²) in [6.07, 6.45) is 3.39. The monoisotopic (exact) mass is 258 g/mol. The number of carbonyl (C=O) groups is 1. The van der Waals surface area contributed by atoms with Crippen LogP contribution in [0.3, 0.4) is 0 Å². The van der Waals surface area contributed by atoms with Crippen LogP contribution in [0, 0.1) is 0 Å². The molecule has 1 aromatic carbocycles. The Bertz CT molecular complexity index is 609. The van der Waals surface area contributed by atoms with Crippen LogP contribution >= 0.6 is 0 Å². The topological polar surface area (TPSA) is 84.2 Å². The van der Waals surface area contributed by atoms with E-state index in [1.165, 1.54) is 0 Å². The SMILES string of the molecule is CN1C(=O)COc2ccc(C(N)c3ncc[nH]3)cc21. The lowest BCUT2D eigenvalue weighted by Crippen LogP contribution is -2.35. The smallest absolute Gasteiger partial charge is 0.264 e. The number of fused-ring (bicyclic) bond motifs is 1. The number of aromatic amines is 1. The number of likely N-dealkylation sites (N-methyl/N-ethyl adjacent to an activating group) is 1. The lowest BCUT2D eigenvalue weighted by molar-refractivity contribution is -0.120. The van der Waals surface area contributed by atoms with Crippen molar-refractivity contribution in [3.8, 4) is 5.75 Å². The molecule has 1 amide bonds. The van der Waals surface area contributed by atoms with Crippen molar-refractivity contribution in [1.82, 2.24) is 9.97 Å². The van der Waals surface area contributed by atoms with E-state index < -0.39 is 0 Å². The summed E-state index contributed by atoms with van der Waals surface area (Å²) in [5.74, 6) is 1.30. The number of H-pyrrole nitrogens is 1. The minimum Gasteiger partial charge on any atom is -0.482 e. The van der Waals surface area contributed by atoms with Crippen LogP contribution in [0.4, 0.5) is 5.69 Å². The zero-order chi connectivity index (χ0) is 13.4. The summed E-state index contributed by atoms with van der Waals surface area (Å²) >= 11 is 0. The van der Waals surface area contributed by atoms with E-state index in [1.54, 1.807) is 24.3 Å². The molecule has 6 nitrogen and oxygen atoms in total. The van der Waals surface area contributed by atoms with E-state index in [0.29, 0.717) is 11.6 Å². The van der Waals surface area contributed by atoms with Gasteiger partial charge >= 0.3 is 0 Å². The molecular formula is C13H14N4O2. The lowest BCUT2D eigenvalue weighted by Gasteiger charge is -2.26. The third-order valence-electron chi connectivity index (χ3n) is 3.24. The molecule has 1 aliphatic rings. The molecule has 1 unspecified atom stereocenters. The number of aromatic nitrogens is 2. The van der Waals surface area contributed by atoms with Gasteiger partial charge in [-0.15, -0.1) is 0 Å². The van der Waals surface area contributed by atoms with Crippen LogP contribution in [-0.2, 0) is 4.79 Å². The van der Waals surface area contributed by atoms with Gasteiger partial charge in [-0.2, -0.15) is 0 Å². The second-order valence-corrected chi connectivity index (χ2v) is 4.42. The van der Waals surface area contributed by atoms with E-state index >= 15 is 0 Å². The van der Waals surface area contributed by atoms with Crippen LogP contribution in [0.15, 0.2) is 30.6 Å². The molecule has 19 heavy (non-hydrogen) atoms. The van der Waals surface area contributed by atoms with Crippen molar-refractivity contribution < 1.29 is 9.53 Å². The maximum Gasteiger partial charge on any atom is 0.264 e. The lowest BCUT2D eigenvalue weighted by atomic mass is 10.0. The van der Waals surface area contributed by atoms with Crippen molar-refractivity contribution in [2.45, 2.75) is 6.04 Å². The number of nitrogens with zero attached hydrogens (tertiary/aromatic N) is 2.